The maximum Gasteiger partial charge on any atom is 0.310 e. The zero-order chi connectivity index (χ0) is 13.7. The number of esters is 1. The minimum Gasteiger partial charge on any atom is -0.466 e. The van der Waals surface area contributed by atoms with Crippen LogP contribution < -0.4 is 5.32 Å². The first-order valence-electron chi connectivity index (χ1n) is 5.66. The van der Waals surface area contributed by atoms with Gasteiger partial charge in [-0.05, 0) is 31.0 Å². The van der Waals surface area contributed by atoms with Crippen LogP contribution in [-0.2, 0) is 20.7 Å². The van der Waals surface area contributed by atoms with Gasteiger partial charge in [0.25, 0.3) is 0 Å². The Kier molecular flexibility index (Phi) is 4.83. The third kappa shape index (κ3) is 3.84. The number of anilines is 1. The second kappa shape index (κ2) is 6.14. The SMILES string of the molecule is CCOC(=O)Cc1cc(C)c(NC(C)=O)cc1F. The van der Waals surface area contributed by atoms with E-state index in [1.165, 1.54) is 19.1 Å². The summed E-state index contributed by atoms with van der Waals surface area (Å²) in [6, 6.07) is 2.75. The number of aryl methyl sites for hydroxylation is 1. The molecular formula is C13H16FNO3. The number of halogens is 1. The molecular weight excluding hydrogens is 237 g/mol. The van der Waals surface area contributed by atoms with Gasteiger partial charge in [-0.15, -0.1) is 0 Å². The molecule has 0 aliphatic heterocycles. The largest absolute Gasteiger partial charge is 0.466 e. The van der Waals surface area contributed by atoms with Gasteiger partial charge >= 0.3 is 5.97 Å². The number of nitrogens with one attached hydrogen (secondary N) is 1. The maximum atomic E-state index is 13.7. The van der Waals surface area contributed by atoms with E-state index in [0.717, 1.165) is 0 Å². The summed E-state index contributed by atoms with van der Waals surface area (Å²) >= 11 is 0. The second-order valence-electron chi connectivity index (χ2n) is 3.92. The van der Waals surface area contributed by atoms with Crippen LogP contribution in [0.15, 0.2) is 12.1 Å². The van der Waals surface area contributed by atoms with E-state index in [0.29, 0.717) is 11.3 Å². The minimum atomic E-state index is -0.530. The maximum absolute atomic E-state index is 13.7. The summed E-state index contributed by atoms with van der Waals surface area (Å²) < 4.78 is 18.5. The highest BCUT2D eigenvalue weighted by atomic mass is 19.1. The molecule has 1 aromatic carbocycles. The van der Waals surface area contributed by atoms with Crippen molar-refractivity contribution in [3.8, 4) is 0 Å². The van der Waals surface area contributed by atoms with Crippen LogP contribution in [-0.4, -0.2) is 18.5 Å². The topological polar surface area (TPSA) is 55.4 Å². The van der Waals surface area contributed by atoms with Crippen molar-refractivity contribution in [3.63, 3.8) is 0 Å². The number of carbonyl (C=O) groups is 2. The van der Waals surface area contributed by atoms with E-state index in [1.807, 2.05) is 0 Å². The first-order chi connectivity index (χ1) is 8.43. The zero-order valence-corrected chi connectivity index (χ0v) is 10.7. The Morgan fingerprint density at radius 3 is 2.61 bits per heavy atom. The molecule has 0 heterocycles. The lowest BCUT2D eigenvalue weighted by Crippen LogP contribution is -2.11. The highest BCUT2D eigenvalue weighted by Crippen LogP contribution is 2.20. The zero-order valence-electron chi connectivity index (χ0n) is 10.7. The minimum absolute atomic E-state index is 0.110. The molecule has 98 valence electrons. The molecule has 0 fully saturated rings. The summed E-state index contributed by atoms with van der Waals surface area (Å²) in [6.07, 6.45) is -0.110. The number of ether oxygens (including phenoxy) is 1. The van der Waals surface area contributed by atoms with Crippen LogP contribution in [0.2, 0.25) is 0 Å². The monoisotopic (exact) mass is 253 g/mol. The van der Waals surface area contributed by atoms with Crippen molar-refractivity contribution in [1.82, 2.24) is 0 Å². The van der Waals surface area contributed by atoms with Gasteiger partial charge in [0.1, 0.15) is 5.82 Å². The van der Waals surface area contributed by atoms with Crippen molar-refractivity contribution < 1.29 is 18.7 Å². The number of hydrogen-bond acceptors (Lipinski definition) is 3. The average molecular weight is 253 g/mol. The fourth-order valence-electron chi connectivity index (χ4n) is 1.57. The van der Waals surface area contributed by atoms with Crippen LogP contribution in [0.25, 0.3) is 0 Å². The molecule has 1 N–H and O–H groups in total. The average Bonchev–Trinajstić information content (AvgIpc) is 2.25. The molecule has 0 radical (unpaired) electrons. The first-order valence-corrected chi connectivity index (χ1v) is 5.66. The Balaban J connectivity index is 2.92. The van der Waals surface area contributed by atoms with E-state index >= 15 is 0 Å². The number of carbonyl (C=O) groups excluding carboxylic acids is 2. The van der Waals surface area contributed by atoms with Crippen LogP contribution >= 0.6 is 0 Å². The second-order valence-corrected chi connectivity index (χ2v) is 3.92. The Morgan fingerprint density at radius 2 is 2.06 bits per heavy atom. The van der Waals surface area contributed by atoms with Gasteiger partial charge in [-0.3, -0.25) is 9.59 Å². The molecule has 0 unspecified atom stereocenters. The van der Waals surface area contributed by atoms with Gasteiger partial charge in [0.15, 0.2) is 0 Å². The van der Waals surface area contributed by atoms with Gasteiger partial charge in [-0.25, -0.2) is 4.39 Å². The lowest BCUT2D eigenvalue weighted by molar-refractivity contribution is -0.142. The molecule has 1 amide bonds. The van der Waals surface area contributed by atoms with Crippen LogP contribution in [0.4, 0.5) is 10.1 Å². The molecule has 0 atom stereocenters. The number of hydrogen-bond donors (Lipinski definition) is 1. The number of rotatable bonds is 4. The van der Waals surface area contributed by atoms with Gasteiger partial charge in [0.2, 0.25) is 5.91 Å². The third-order valence-corrected chi connectivity index (χ3v) is 2.34. The van der Waals surface area contributed by atoms with Crippen molar-refractivity contribution in [2.75, 3.05) is 11.9 Å². The van der Waals surface area contributed by atoms with Crippen molar-refractivity contribution >= 4 is 17.6 Å². The molecule has 4 nitrogen and oxygen atoms in total. The molecule has 1 aromatic rings. The highest BCUT2D eigenvalue weighted by Gasteiger charge is 2.12. The highest BCUT2D eigenvalue weighted by molar-refractivity contribution is 5.89. The molecule has 0 aliphatic rings. The van der Waals surface area contributed by atoms with Gasteiger partial charge in [-0.2, -0.15) is 0 Å². The Bertz CT molecular complexity index is 472. The smallest absolute Gasteiger partial charge is 0.310 e. The summed E-state index contributed by atoms with van der Waals surface area (Å²) in [6.45, 7) is 5.05. The lowest BCUT2D eigenvalue weighted by Gasteiger charge is -2.10. The van der Waals surface area contributed by atoms with E-state index in [2.05, 4.69) is 5.32 Å². The van der Waals surface area contributed by atoms with E-state index < -0.39 is 11.8 Å². The normalized spacial score (nSPS) is 10.0. The Morgan fingerprint density at radius 1 is 1.39 bits per heavy atom. The number of benzene rings is 1. The van der Waals surface area contributed by atoms with Gasteiger partial charge in [0, 0.05) is 12.6 Å². The van der Waals surface area contributed by atoms with Crippen molar-refractivity contribution in [2.24, 2.45) is 0 Å². The number of amides is 1. The van der Waals surface area contributed by atoms with E-state index in [-0.39, 0.29) is 24.5 Å². The molecule has 18 heavy (non-hydrogen) atoms. The van der Waals surface area contributed by atoms with Crippen LogP contribution in [0.1, 0.15) is 25.0 Å². The van der Waals surface area contributed by atoms with E-state index in [9.17, 15) is 14.0 Å². The van der Waals surface area contributed by atoms with Gasteiger partial charge < -0.3 is 10.1 Å². The summed E-state index contributed by atoms with van der Waals surface area (Å²) in [5, 5.41) is 2.52. The predicted molar refractivity (Wildman–Crippen MR) is 65.8 cm³/mol. The van der Waals surface area contributed by atoms with Crippen LogP contribution in [0, 0.1) is 12.7 Å². The molecule has 0 spiro atoms. The van der Waals surface area contributed by atoms with Crippen molar-refractivity contribution in [2.45, 2.75) is 27.2 Å². The van der Waals surface area contributed by atoms with Crippen molar-refractivity contribution in [1.29, 1.82) is 0 Å². The van der Waals surface area contributed by atoms with E-state index in [1.54, 1.807) is 13.8 Å². The molecule has 0 saturated carbocycles. The summed E-state index contributed by atoms with van der Waals surface area (Å²) in [5.74, 6) is -1.27. The molecule has 0 bridgehead atoms. The van der Waals surface area contributed by atoms with Crippen LogP contribution in [0.3, 0.4) is 0 Å². The standard InChI is InChI=1S/C13H16FNO3/c1-4-18-13(17)6-10-5-8(2)12(7-11(10)14)15-9(3)16/h5,7H,4,6H2,1-3H3,(H,15,16). The quantitative estimate of drug-likeness (QED) is 0.837. The molecule has 0 aliphatic carbocycles. The first kappa shape index (κ1) is 14.2. The Labute approximate surface area is 105 Å². The van der Waals surface area contributed by atoms with E-state index in [4.69, 9.17) is 4.74 Å². The molecule has 1 rings (SSSR count). The van der Waals surface area contributed by atoms with Gasteiger partial charge in [-0.1, -0.05) is 6.07 Å². The fraction of sp³-hybridized carbons (Fsp3) is 0.385. The third-order valence-electron chi connectivity index (χ3n) is 2.34. The summed E-state index contributed by atoms with van der Waals surface area (Å²) in [7, 11) is 0. The molecule has 0 saturated heterocycles. The molecule has 0 aromatic heterocycles. The Hall–Kier alpha value is -1.91. The van der Waals surface area contributed by atoms with Gasteiger partial charge in [0.05, 0.1) is 13.0 Å². The van der Waals surface area contributed by atoms with Crippen LogP contribution in [0.5, 0.6) is 0 Å². The fourth-order valence-corrected chi connectivity index (χ4v) is 1.57. The summed E-state index contributed by atoms with van der Waals surface area (Å²) in [5.41, 5.74) is 1.37. The molecule has 5 heteroatoms. The van der Waals surface area contributed by atoms with Crippen molar-refractivity contribution in [3.05, 3.63) is 29.1 Å². The summed E-state index contributed by atoms with van der Waals surface area (Å²) in [4.78, 5) is 22.2. The predicted octanol–water partition coefficient (Wildman–Crippen LogP) is 2.20. The lowest BCUT2D eigenvalue weighted by atomic mass is 10.1.